The number of nitrogens with one attached hydrogen (secondary N) is 1. The summed E-state index contributed by atoms with van der Waals surface area (Å²) in [6.45, 7) is 11.8. The lowest BCUT2D eigenvalue weighted by atomic mass is 9.91. The Bertz CT molecular complexity index is 819. The Labute approximate surface area is 165 Å². The standard InChI is InChI=1S/C21H30N4OS/c1-14-10-15(2)12-25(11-14)20-19-16-4-3-5-17(16)27-21(19)23-18(22-20)13-24-6-8-26-9-7-24/h14-15H,3-13H2,1-2H3/p+1/t14-,15-/m1/s1. The van der Waals surface area contributed by atoms with Gasteiger partial charge in [0.15, 0.2) is 5.82 Å². The van der Waals surface area contributed by atoms with Crippen LogP contribution in [0.5, 0.6) is 0 Å². The summed E-state index contributed by atoms with van der Waals surface area (Å²) in [7, 11) is 0. The van der Waals surface area contributed by atoms with Crippen LogP contribution < -0.4 is 9.80 Å². The van der Waals surface area contributed by atoms with Crippen LogP contribution in [-0.4, -0.2) is 49.4 Å². The van der Waals surface area contributed by atoms with Gasteiger partial charge in [0.2, 0.25) is 0 Å². The van der Waals surface area contributed by atoms with E-state index in [1.807, 2.05) is 11.3 Å². The van der Waals surface area contributed by atoms with Crippen molar-refractivity contribution in [2.75, 3.05) is 44.3 Å². The molecule has 0 saturated carbocycles. The Kier molecular flexibility index (Phi) is 4.82. The molecule has 0 amide bonds. The molecule has 4 heterocycles. The lowest BCUT2D eigenvalue weighted by Gasteiger charge is -2.36. The molecule has 0 spiro atoms. The lowest BCUT2D eigenvalue weighted by molar-refractivity contribution is -0.922. The van der Waals surface area contributed by atoms with Crippen molar-refractivity contribution < 1.29 is 9.64 Å². The third-order valence-electron chi connectivity index (χ3n) is 6.37. The molecular formula is C21H31N4OS+. The smallest absolute Gasteiger partial charge is 0.187 e. The van der Waals surface area contributed by atoms with E-state index in [1.54, 1.807) is 15.3 Å². The summed E-state index contributed by atoms with van der Waals surface area (Å²) < 4.78 is 5.52. The van der Waals surface area contributed by atoms with Gasteiger partial charge < -0.3 is 14.5 Å². The number of morpholine rings is 1. The average Bonchev–Trinajstić information content (AvgIpc) is 3.22. The van der Waals surface area contributed by atoms with Crippen molar-refractivity contribution >= 4 is 27.4 Å². The molecule has 5 nitrogen and oxygen atoms in total. The molecule has 146 valence electrons. The highest BCUT2D eigenvalue weighted by Crippen LogP contribution is 2.41. The molecule has 0 aromatic carbocycles. The van der Waals surface area contributed by atoms with Crippen molar-refractivity contribution in [3.63, 3.8) is 0 Å². The monoisotopic (exact) mass is 387 g/mol. The number of thiophene rings is 1. The average molecular weight is 388 g/mol. The molecule has 3 aliphatic rings. The van der Waals surface area contributed by atoms with Crippen LogP contribution in [0.3, 0.4) is 0 Å². The zero-order valence-electron chi connectivity index (χ0n) is 16.6. The van der Waals surface area contributed by atoms with Crippen molar-refractivity contribution in [2.24, 2.45) is 11.8 Å². The quantitative estimate of drug-likeness (QED) is 0.876. The number of piperidine rings is 1. The minimum Gasteiger partial charge on any atom is -0.370 e. The van der Waals surface area contributed by atoms with Gasteiger partial charge in [-0.2, -0.15) is 0 Å². The first-order valence-electron chi connectivity index (χ1n) is 10.6. The van der Waals surface area contributed by atoms with Gasteiger partial charge in [-0.1, -0.05) is 13.8 Å². The molecule has 5 rings (SSSR count). The maximum absolute atomic E-state index is 5.52. The number of hydrogen-bond donors (Lipinski definition) is 1. The van der Waals surface area contributed by atoms with Crippen LogP contribution in [0.2, 0.25) is 0 Å². The molecule has 2 aliphatic heterocycles. The molecule has 1 N–H and O–H groups in total. The second-order valence-electron chi connectivity index (χ2n) is 8.89. The fourth-order valence-corrected chi connectivity index (χ4v) is 6.50. The molecule has 0 radical (unpaired) electrons. The Morgan fingerprint density at radius 3 is 2.67 bits per heavy atom. The summed E-state index contributed by atoms with van der Waals surface area (Å²) >= 11 is 1.93. The summed E-state index contributed by atoms with van der Waals surface area (Å²) in [6.07, 6.45) is 5.06. The molecule has 27 heavy (non-hydrogen) atoms. The van der Waals surface area contributed by atoms with Crippen LogP contribution in [0.15, 0.2) is 0 Å². The predicted molar refractivity (Wildman–Crippen MR) is 110 cm³/mol. The first-order chi connectivity index (χ1) is 13.2. The molecule has 2 saturated heterocycles. The van der Waals surface area contributed by atoms with Crippen LogP contribution in [-0.2, 0) is 24.1 Å². The van der Waals surface area contributed by atoms with Gasteiger partial charge >= 0.3 is 0 Å². The van der Waals surface area contributed by atoms with Crippen molar-refractivity contribution in [1.29, 1.82) is 0 Å². The minimum absolute atomic E-state index is 0.735. The summed E-state index contributed by atoms with van der Waals surface area (Å²) in [5.41, 5.74) is 1.56. The second-order valence-corrected chi connectivity index (χ2v) is 9.97. The highest BCUT2D eigenvalue weighted by atomic mass is 32.1. The Balaban J connectivity index is 1.55. The van der Waals surface area contributed by atoms with Gasteiger partial charge in [-0.25, -0.2) is 9.97 Å². The van der Waals surface area contributed by atoms with E-state index in [0.29, 0.717) is 0 Å². The van der Waals surface area contributed by atoms with Crippen molar-refractivity contribution in [3.8, 4) is 0 Å². The van der Waals surface area contributed by atoms with E-state index in [4.69, 9.17) is 14.7 Å². The molecule has 6 heteroatoms. The Morgan fingerprint density at radius 2 is 1.89 bits per heavy atom. The van der Waals surface area contributed by atoms with Crippen molar-refractivity contribution in [3.05, 3.63) is 16.3 Å². The van der Waals surface area contributed by atoms with E-state index in [0.717, 1.165) is 63.6 Å². The molecule has 1 aliphatic carbocycles. The number of rotatable bonds is 3. The topological polar surface area (TPSA) is 42.7 Å². The highest BCUT2D eigenvalue weighted by Gasteiger charge is 2.29. The largest absolute Gasteiger partial charge is 0.370 e. The van der Waals surface area contributed by atoms with Crippen LogP contribution in [0.4, 0.5) is 5.82 Å². The van der Waals surface area contributed by atoms with E-state index in [9.17, 15) is 0 Å². The van der Waals surface area contributed by atoms with Gasteiger partial charge in [-0.15, -0.1) is 11.3 Å². The third kappa shape index (κ3) is 3.47. The summed E-state index contributed by atoms with van der Waals surface area (Å²) in [6, 6.07) is 0. The fraction of sp³-hybridized carbons (Fsp3) is 0.714. The Hall–Kier alpha value is -1.24. The number of aromatic nitrogens is 2. The number of anilines is 1. The van der Waals surface area contributed by atoms with E-state index < -0.39 is 0 Å². The van der Waals surface area contributed by atoms with Gasteiger partial charge in [0.25, 0.3) is 0 Å². The minimum atomic E-state index is 0.735. The van der Waals surface area contributed by atoms with Crippen LogP contribution in [0, 0.1) is 11.8 Å². The van der Waals surface area contributed by atoms with Crippen LogP contribution >= 0.6 is 11.3 Å². The summed E-state index contributed by atoms with van der Waals surface area (Å²) in [5.74, 6) is 3.73. The first-order valence-corrected chi connectivity index (χ1v) is 11.5. The fourth-order valence-electron chi connectivity index (χ4n) is 5.22. The van der Waals surface area contributed by atoms with Crippen molar-refractivity contribution in [1.82, 2.24) is 9.97 Å². The normalized spacial score (nSPS) is 26.7. The highest BCUT2D eigenvalue weighted by molar-refractivity contribution is 7.19. The van der Waals surface area contributed by atoms with Crippen molar-refractivity contribution in [2.45, 2.75) is 46.1 Å². The summed E-state index contributed by atoms with van der Waals surface area (Å²) in [4.78, 5) is 17.2. The van der Waals surface area contributed by atoms with E-state index in [2.05, 4.69) is 18.7 Å². The maximum Gasteiger partial charge on any atom is 0.187 e. The molecule has 2 aromatic rings. The number of hydrogen-bond acceptors (Lipinski definition) is 5. The maximum atomic E-state index is 5.52. The van der Waals surface area contributed by atoms with E-state index in [-0.39, 0.29) is 0 Å². The van der Waals surface area contributed by atoms with Gasteiger partial charge in [0, 0.05) is 18.0 Å². The molecule has 2 fully saturated rings. The first kappa shape index (κ1) is 17.8. The summed E-state index contributed by atoms with van der Waals surface area (Å²) in [5, 5.41) is 1.38. The predicted octanol–water partition coefficient (Wildman–Crippen LogP) is 2.08. The van der Waals surface area contributed by atoms with Gasteiger partial charge in [-0.05, 0) is 43.1 Å². The van der Waals surface area contributed by atoms with Crippen LogP contribution in [0.1, 0.15) is 43.0 Å². The molecule has 2 aromatic heterocycles. The third-order valence-corrected chi connectivity index (χ3v) is 7.55. The zero-order valence-corrected chi connectivity index (χ0v) is 17.4. The van der Waals surface area contributed by atoms with Crippen LogP contribution in [0.25, 0.3) is 10.2 Å². The Morgan fingerprint density at radius 1 is 1.11 bits per heavy atom. The van der Waals surface area contributed by atoms with E-state index >= 15 is 0 Å². The van der Waals surface area contributed by atoms with E-state index in [1.165, 1.54) is 41.7 Å². The van der Waals surface area contributed by atoms with Gasteiger partial charge in [0.1, 0.15) is 30.3 Å². The molecule has 2 atom stereocenters. The van der Waals surface area contributed by atoms with Gasteiger partial charge in [-0.3, -0.25) is 0 Å². The zero-order chi connectivity index (χ0) is 18.4. The number of fused-ring (bicyclic) bond motifs is 3. The second kappa shape index (κ2) is 7.30. The molecular weight excluding hydrogens is 356 g/mol. The number of nitrogens with zero attached hydrogens (tertiary/aromatic N) is 3. The SMILES string of the molecule is C[C@@H]1C[C@@H](C)CN(c2nc(C[NH+]3CCOCC3)nc3sc4c(c23)CCC4)C1. The number of quaternary nitrogens is 1. The molecule has 0 bridgehead atoms. The van der Waals surface area contributed by atoms with Gasteiger partial charge in [0.05, 0.1) is 18.6 Å². The number of aryl methyl sites for hydroxylation is 2. The number of ether oxygens (including phenoxy) is 1. The lowest BCUT2D eigenvalue weighted by Crippen LogP contribution is -3.12. The molecule has 0 unspecified atom stereocenters.